The minimum Gasteiger partial charge on any atom is -0.482 e. The van der Waals surface area contributed by atoms with Crippen LogP contribution >= 0.6 is 0 Å². The highest BCUT2D eigenvalue weighted by Gasteiger charge is 2.13. The number of anilines is 1. The summed E-state index contributed by atoms with van der Waals surface area (Å²) in [6.07, 6.45) is 1.12. The van der Waals surface area contributed by atoms with Crippen LogP contribution in [0.25, 0.3) is 0 Å². The standard InChI is InChI=1S/C8H7NO2.C4H4O4/c10-8-5-11-7-4-2-1-3-6(7)9-8;5-3(6)1-2-4(7)8/h1-4H,5H2,(H,9,10);1-2H,(H,5,6)(H,7,8)/b;2-1-. The van der Waals surface area contributed by atoms with Crippen LogP contribution in [-0.2, 0) is 14.4 Å². The number of carboxylic acid groups (broad SMARTS) is 2. The average Bonchev–Trinajstić information content (AvgIpc) is 2.37. The van der Waals surface area contributed by atoms with Gasteiger partial charge in [-0.2, -0.15) is 0 Å². The second-order valence-electron chi connectivity index (χ2n) is 3.34. The van der Waals surface area contributed by atoms with Crippen molar-refractivity contribution in [1.29, 1.82) is 0 Å². The number of carbonyl (C=O) groups is 3. The van der Waals surface area contributed by atoms with Crippen molar-refractivity contribution in [2.24, 2.45) is 0 Å². The highest BCUT2D eigenvalue weighted by Crippen LogP contribution is 2.25. The monoisotopic (exact) mass is 265 g/mol. The maximum absolute atomic E-state index is 10.8. The summed E-state index contributed by atoms with van der Waals surface area (Å²) in [6.45, 7) is 0.122. The van der Waals surface area contributed by atoms with Crippen molar-refractivity contribution < 1.29 is 29.3 Å². The number of aliphatic carboxylic acids is 2. The van der Waals surface area contributed by atoms with Gasteiger partial charge in [0, 0.05) is 12.2 Å². The van der Waals surface area contributed by atoms with Crippen molar-refractivity contribution in [3.8, 4) is 5.75 Å². The van der Waals surface area contributed by atoms with E-state index in [9.17, 15) is 14.4 Å². The van der Waals surface area contributed by atoms with Gasteiger partial charge in [0.05, 0.1) is 5.69 Å². The molecule has 0 saturated heterocycles. The third-order valence-corrected chi connectivity index (χ3v) is 1.89. The average molecular weight is 265 g/mol. The highest BCUT2D eigenvalue weighted by molar-refractivity contribution is 5.95. The molecule has 1 amide bonds. The third kappa shape index (κ3) is 5.35. The first-order valence-corrected chi connectivity index (χ1v) is 5.14. The van der Waals surface area contributed by atoms with Crippen molar-refractivity contribution in [2.75, 3.05) is 11.9 Å². The summed E-state index contributed by atoms with van der Waals surface area (Å²) in [5.41, 5.74) is 0.753. The Kier molecular flexibility index (Phi) is 5.09. The van der Waals surface area contributed by atoms with E-state index in [4.69, 9.17) is 14.9 Å². The molecule has 0 aromatic heterocycles. The lowest BCUT2D eigenvalue weighted by atomic mass is 10.2. The van der Waals surface area contributed by atoms with Gasteiger partial charge in [-0.3, -0.25) is 4.79 Å². The number of rotatable bonds is 2. The number of ether oxygens (including phenoxy) is 1. The fourth-order valence-corrected chi connectivity index (χ4v) is 1.17. The normalized spacial score (nSPS) is 12.5. The quantitative estimate of drug-likeness (QED) is 0.679. The SMILES string of the molecule is O=C(O)/C=C\C(=O)O.O=C1COc2ccccc2N1. The molecule has 7 nitrogen and oxygen atoms in total. The Bertz CT molecular complexity index is 507. The predicted octanol–water partition coefficient (Wildman–Crippen LogP) is 0.729. The van der Waals surface area contributed by atoms with Crippen LogP contribution in [0.2, 0.25) is 0 Å². The van der Waals surface area contributed by atoms with Gasteiger partial charge in [0.2, 0.25) is 0 Å². The molecular formula is C12H11NO6. The van der Waals surface area contributed by atoms with E-state index < -0.39 is 11.9 Å². The molecule has 19 heavy (non-hydrogen) atoms. The lowest BCUT2D eigenvalue weighted by Gasteiger charge is -2.16. The van der Waals surface area contributed by atoms with Crippen molar-refractivity contribution in [1.82, 2.24) is 0 Å². The first kappa shape index (κ1) is 14.2. The van der Waals surface area contributed by atoms with E-state index >= 15 is 0 Å². The van der Waals surface area contributed by atoms with Gasteiger partial charge in [-0.1, -0.05) is 12.1 Å². The van der Waals surface area contributed by atoms with Gasteiger partial charge in [0.1, 0.15) is 5.75 Å². The van der Waals surface area contributed by atoms with Gasteiger partial charge in [-0.05, 0) is 12.1 Å². The Balaban J connectivity index is 0.000000203. The summed E-state index contributed by atoms with van der Waals surface area (Å²) >= 11 is 0. The van der Waals surface area contributed by atoms with Crippen molar-refractivity contribution in [3.63, 3.8) is 0 Å². The molecule has 1 aliphatic rings. The van der Waals surface area contributed by atoms with E-state index in [0.717, 1.165) is 11.4 Å². The molecule has 1 aromatic rings. The number of para-hydroxylation sites is 2. The first-order valence-electron chi connectivity index (χ1n) is 5.14. The van der Waals surface area contributed by atoms with Gasteiger partial charge in [-0.25, -0.2) is 9.59 Å². The van der Waals surface area contributed by atoms with Crippen molar-refractivity contribution >= 4 is 23.5 Å². The number of benzene rings is 1. The molecule has 0 aliphatic carbocycles. The van der Waals surface area contributed by atoms with E-state index in [0.29, 0.717) is 12.2 Å². The Morgan fingerprint density at radius 2 is 1.74 bits per heavy atom. The van der Waals surface area contributed by atoms with Crippen LogP contribution < -0.4 is 10.1 Å². The zero-order valence-electron chi connectivity index (χ0n) is 9.70. The van der Waals surface area contributed by atoms with E-state index in [1.165, 1.54) is 0 Å². The second-order valence-corrected chi connectivity index (χ2v) is 3.34. The molecule has 0 fully saturated rings. The van der Waals surface area contributed by atoms with Crippen LogP contribution in [0, 0.1) is 0 Å². The predicted molar refractivity (Wildman–Crippen MR) is 65.0 cm³/mol. The molecule has 2 rings (SSSR count). The summed E-state index contributed by atoms with van der Waals surface area (Å²) in [4.78, 5) is 29.9. The Morgan fingerprint density at radius 3 is 2.32 bits per heavy atom. The molecule has 1 heterocycles. The molecule has 1 aliphatic heterocycles. The van der Waals surface area contributed by atoms with Crippen LogP contribution in [0.3, 0.4) is 0 Å². The van der Waals surface area contributed by atoms with Gasteiger partial charge in [-0.15, -0.1) is 0 Å². The Morgan fingerprint density at radius 1 is 1.16 bits per heavy atom. The molecule has 100 valence electrons. The maximum Gasteiger partial charge on any atom is 0.328 e. The van der Waals surface area contributed by atoms with Gasteiger partial charge in [0.25, 0.3) is 5.91 Å². The van der Waals surface area contributed by atoms with Crippen LogP contribution in [0.5, 0.6) is 5.75 Å². The summed E-state index contributed by atoms with van der Waals surface area (Å²) in [7, 11) is 0. The summed E-state index contributed by atoms with van der Waals surface area (Å²) in [6, 6.07) is 7.37. The van der Waals surface area contributed by atoms with E-state index in [-0.39, 0.29) is 12.5 Å². The molecule has 7 heteroatoms. The van der Waals surface area contributed by atoms with E-state index in [1.807, 2.05) is 24.3 Å². The molecular weight excluding hydrogens is 254 g/mol. The molecule has 0 saturated carbocycles. The largest absolute Gasteiger partial charge is 0.482 e. The molecule has 3 N–H and O–H groups in total. The third-order valence-electron chi connectivity index (χ3n) is 1.89. The fraction of sp³-hybridized carbons (Fsp3) is 0.0833. The summed E-state index contributed by atoms with van der Waals surface area (Å²) < 4.78 is 5.12. The maximum atomic E-state index is 10.8. The molecule has 1 aromatic carbocycles. The number of carboxylic acids is 2. The van der Waals surface area contributed by atoms with Gasteiger partial charge in [0.15, 0.2) is 6.61 Å². The van der Waals surface area contributed by atoms with Crippen LogP contribution in [-0.4, -0.2) is 34.7 Å². The number of amides is 1. The summed E-state index contributed by atoms with van der Waals surface area (Å²) in [5.74, 6) is -1.87. The zero-order valence-corrected chi connectivity index (χ0v) is 9.70. The zero-order chi connectivity index (χ0) is 14.3. The minimum absolute atomic E-state index is 0.0938. The first-order chi connectivity index (χ1) is 8.99. The van der Waals surface area contributed by atoms with Crippen molar-refractivity contribution in [3.05, 3.63) is 36.4 Å². The van der Waals surface area contributed by atoms with E-state index in [2.05, 4.69) is 5.32 Å². The number of nitrogens with one attached hydrogen (secondary N) is 1. The van der Waals surface area contributed by atoms with Crippen LogP contribution in [0.15, 0.2) is 36.4 Å². The molecule has 0 bridgehead atoms. The topological polar surface area (TPSA) is 113 Å². The Labute approximate surface area is 108 Å². The van der Waals surface area contributed by atoms with Crippen LogP contribution in [0.4, 0.5) is 5.69 Å². The Hall–Kier alpha value is -2.83. The molecule has 0 radical (unpaired) electrons. The summed E-state index contributed by atoms with van der Waals surface area (Å²) in [5, 5.41) is 18.3. The minimum atomic E-state index is -1.26. The van der Waals surface area contributed by atoms with E-state index in [1.54, 1.807) is 0 Å². The van der Waals surface area contributed by atoms with Crippen LogP contribution in [0.1, 0.15) is 0 Å². The fourth-order valence-electron chi connectivity index (χ4n) is 1.17. The highest BCUT2D eigenvalue weighted by atomic mass is 16.5. The van der Waals surface area contributed by atoms with Gasteiger partial charge >= 0.3 is 11.9 Å². The van der Waals surface area contributed by atoms with Gasteiger partial charge < -0.3 is 20.3 Å². The lowest BCUT2D eigenvalue weighted by molar-refractivity contribution is -0.134. The number of hydrogen-bond acceptors (Lipinski definition) is 4. The smallest absolute Gasteiger partial charge is 0.328 e. The number of hydrogen-bond donors (Lipinski definition) is 3. The van der Waals surface area contributed by atoms with Crippen molar-refractivity contribution in [2.45, 2.75) is 0 Å². The molecule has 0 unspecified atom stereocenters. The molecule has 0 atom stereocenters. The second kappa shape index (κ2) is 6.80. The number of fused-ring (bicyclic) bond motifs is 1. The molecule has 0 spiro atoms. The number of carbonyl (C=O) groups excluding carboxylic acids is 1. The lowest BCUT2D eigenvalue weighted by Crippen LogP contribution is -2.25.